The molecule has 1 aliphatic carbocycles. The molecule has 2 atom stereocenters. The molecule has 0 aromatic heterocycles. The molecule has 1 rings (SSSR count). The second-order valence-corrected chi connectivity index (χ2v) is 2.82. The zero-order valence-corrected chi connectivity index (χ0v) is 5.92. The number of rotatable bonds is 0. The molecule has 0 heterocycles. The van der Waals surface area contributed by atoms with E-state index in [4.69, 9.17) is 0 Å². The van der Waals surface area contributed by atoms with E-state index in [1.807, 2.05) is 13.0 Å². The van der Waals surface area contributed by atoms with Gasteiger partial charge in [-0.15, -0.1) is 0 Å². The van der Waals surface area contributed by atoms with Gasteiger partial charge in [-0.2, -0.15) is 0 Å². The topological polar surface area (TPSA) is 17.1 Å². The maximum Gasteiger partial charge on any atom is 0.140 e. The molecule has 0 N–H and O–H groups in total. The van der Waals surface area contributed by atoms with Crippen molar-refractivity contribution in [1.29, 1.82) is 0 Å². The standard InChI is InChI=1S/C8H12O/c1-6-3-4-7(2)8(9)5-6/h3-4,6-7H,5H2,1-2H3. The zero-order chi connectivity index (χ0) is 6.85. The summed E-state index contributed by atoms with van der Waals surface area (Å²) in [6.07, 6.45) is 4.85. The van der Waals surface area contributed by atoms with Crippen molar-refractivity contribution < 1.29 is 4.79 Å². The molecular formula is C8H12O. The number of hydrogen-bond acceptors (Lipinski definition) is 1. The number of hydrogen-bond donors (Lipinski definition) is 0. The summed E-state index contributed by atoms with van der Waals surface area (Å²) in [7, 11) is 0. The molecule has 0 saturated heterocycles. The van der Waals surface area contributed by atoms with Crippen LogP contribution in [0.3, 0.4) is 0 Å². The molecular weight excluding hydrogens is 112 g/mol. The Balaban J connectivity index is 2.65. The van der Waals surface area contributed by atoms with E-state index in [0.717, 1.165) is 6.42 Å². The van der Waals surface area contributed by atoms with Crippen molar-refractivity contribution in [3.63, 3.8) is 0 Å². The summed E-state index contributed by atoms with van der Waals surface area (Å²) in [4.78, 5) is 11.0. The minimum Gasteiger partial charge on any atom is -0.299 e. The minimum atomic E-state index is 0.168. The molecule has 0 saturated carbocycles. The van der Waals surface area contributed by atoms with Gasteiger partial charge in [0.15, 0.2) is 0 Å². The van der Waals surface area contributed by atoms with E-state index in [2.05, 4.69) is 13.0 Å². The highest BCUT2D eigenvalue weighted by Gasteiger charge is 2.16. The first-order valence-corrected chi connectivity index (χ1v) is 3.41. The Hall–Kier alpha value is -0.590. The summed E-state index contributed by atoms with van der Waals surface area (Å²) in [5.74, 6) is 1.01. The Morgan fingerprint density at radius 3 is 2.56 bits per heavy atom. The van der Waals surface area contributed by atoms with Gasteiger partial charge >= 0.3 is 0 Å². The van der Waals surface area contributed by atoms with Crippen molar-refractivity contribution >= 4 is 5.78 Å². The highest BCUT2D eigenvalue weighted by molar-refractivity contribution is 5.83. The van der Waals surface area contributed by atoms with E-state index in [-0.39, 0.29) is 5.92 Å². The molecule has 0 amide bonds. The maximum atomic E-state index is 11.0. The maximum absolute atomic E-state index is 11.0. The smallest absolute Gasteiger partial charge is 0.140 e. The molecule has 0 fully saturated rings. The van der Waals surface area contributed by atoms with Crippen LogP contribution in [0.4, 0.5) is 0 Å². The van der Waals surface area contributed by atoms with Gasteiger partial charge in [0.05, 0.1) is 0 Å². The summed E-state index contributed by atoms with van der Waals surface area (Å²) in [5.41, 5.74) is 0. The van der Waals surface area contributed by atoms with Crippen LogP contribution in [0, 0.1) is 11.8 Å². The van der Waals surface area contributed by atoms with Crippen molar-refractivity contribution in [2.75, 3.05) is 0 Å². The van der Waals surface area contributed by atoms with Gasteiger partial charge in [-0.1, -0.05) is 26.0 Å². The second kappa shape index (κ2) is 2.34. The van der Waals surface area contributed by atoms with E-state index in [1.165, 1.54) is 0 Å². The lowest BCUT2D eigenvalue weighted by Crippen LogP contribution is -2.15. The SMILES string of the molecule is CC1C=CC(C)C(=O)C1. The summed E-state index contributed by atoms with van der Waals surface area (Å²) in [5, 5.41) is 0. The Morgan fingerprint density at radius 2 is 2.11 bits per heavy atom. The first-order chi connectivity index (χ1) is 4.20. The van der Waals surface area contributed by atoms with Crippen LogP contribution in [0.25, 0.3) is 0 Å². The molecule has 1 aliphatic rings. The van der Waals surface area contributed by atoms with Crippen LogP contribution >= 0.6 is 0 Å². The predicted octanol–water partition coefficient (Wildman–Crippen LogP) is 1.79. The lowest BCUT2D eigenvalue weighted by molar-refractivity contribution is -0.122. The van der Waals surface area contributed by atoms with Gasteiger partial charge in [0.1, 0.15) is 5.78 Å². The minimum absolute atomic E-state index is 0.168. The van der Waals surface area contributed by atoms with Gasteiger partial charge in [-0.05, 0) is 5.92 Å². The van der Waals surface area contributed by atoms with Crippen LogP contribution in [-0.2, 0) is 4.79 Å². The lowest BCUT2D eigenvalue weighted by Gasteiger charge is -2.14. The molecule has 0 radical (unpaired) electrons. The van der Waals surface area contributed by atoms with Gasteiger partial charge in [0.25, 0.3) is 0 Å². The molecule has 1 heteroatoms. The van der Waals surface area contributed by atoms with Crippen molar-refractivity contribution in [3.8, 4) is 0 Å². The Labute approximate surface area is 55.8 Å². The van der Waals surface area contributed by atoms with Crippen molar-refractivity contribution in [2.24, 2.45) is 11.8 Å². The fraction of sp³-hybridized carbons (Fsp3) is 0.625. The molecule has 0 aromatic carbocycles. The summed E-state index contributed by atoms with van der Waals surface area (Å²) >= 11 is 0. The molecule has 0 spiro atoms. The van der Waals surface area contributed by atoms with Gasteiger partial charge in [0.2, 0.25) is 0 Å². The summed E-state index contributed by atoms with van der Waals surface area (Å²) < 4.78 is 0. The second-order valence-electron chi connectivity index (χ2n) is 2.82. The summed E-state index contributed by atoms with van der Waals surface area (Å²) in [6.45, 7) is 4.02. The highest BCUT2D eigenvalue weighted by atomic mass is 16.1. The number of ketones is 1. The van der Waals surface area contributed by atoms with Crippen molar-refractivity contribution in [1.82, 2.24) is 0 Å². The van der Waals surface area contributed by atoms with E-state index >= 15 is 0 Å². The summed E-state index contributed by atoms with van der Waals surface area (Å²) in [6, 6.07) is 0. The van der Waals surface area contributed by atoms with Crippen LogP contribution in [-0.4, -0.2) is 5.78 Å². The van der Waals surface area contributed by atoms with Crippen molar-refractivity contribution in [2.45, 2.75) is 20.3 Å². The third-order valence-electron chi connectivity index (χ3n) is 1.76. The third kappa shape index (κ3) is 1.41. The van der Waals surface area contributed by atoms with Crippen LogP contribution in [0.15, 0.2) is 12.2 Å². The van der Waals surface area contributed by atoms with Gasteiger partial charge in [-0.3, -0.25) is 4.79 Å². The molecule has 50 valence electrons. The number of carbonyl (C=O) groups is 1. The normalized spacial score (nSPS) is 35.1. The third-order valence-corrected chi connectivity index (χ3v) is 1.76. The fourth-order valence-electron chi connectivity index (χ4n) is 1.03. The zero-order valence-electron chi connectivity index (χ0n) is 5.92. The number of carbonyl (C=O) groups excluding carboxylic acids is 1. The molecule has 0 aliphatic heterocycles. The van der Waals surface area contributed by atoms with Crippen LogP contribution in [0.5, 0.6) is 0 Å². The monoisotopic (exact) mass is 124 g/mol. The van der Waals surface area contributed by atoms with Gasteiger partial charge in [0, 0.05) is 12.3 Å². The molecule has 2 unspecified atom stereocenters. The van der Waals surface area contributed by atoms with Crippen LogP contribution in [0.1, 0.15) is 20.3 Å². The highest BCUT2D eigenvalue weighted by Crippen LogP contribution is 2.17. The Morgan fingerprint density at radius 1 is 1.44 bits per heavy atom. The van der Waals surface area contributed by atoms with E-state index in [9.17, 15) is 4.79 Å². The first-order valence-electron chi connectivity index (χ1n) is 3.41. The van der Waals surface area contributed by atoms with Crippen molar-refractivity contribution in [3.05, 3.63) is 12.2 Å². The Bertz CT molecular complexity index is 147. The van der Waals surface area contributed by atoms with E-state index < -0.39 is 0 Å². The van der Waals surface area contributed by atoms with Crippen LogP contribution in [0.2, 0.25) is 0 Å². The first kappa shape index (κ1) is 6.53. The quantitative estimate of drug-likeness (QED) is 0.450. The number of Topliss-reactive ketones (excluding diaryl/α,β-unsaturated/α-hetero) is 1. The Kier molecular flexibility index (Phi) is 1.70. The lowest BCUT2D eigenvalue weighted by atomic mass is 9.90. The predicted molar refractivity (Wildman–Crippen MR) is 37.1 cm³/mol. The molecule has 0 aromatic rings. The molecule has 1 nitrogen and oxygen atoms in total. The van der Waals surface area contributed by atoms with Gasteiger partial charge < -0.3 is 0 Å². The average molecular weight is 124 g/mol. The fourth-order valence-corrected chi connectivity index (χ4v) is 1.03. The average Bonchev–Trinajstić information content (AvgIpc) is 1.80. The van der Waals surface area contributed by atoms with E-state index in [0.29, 0.717) is 11.7 Å². The molecule has 0 bridgehead atoms. The van der Waals surface area contributed by atoms with Gasteiger partial charge in [-0.25, -0.2) is 0 Å². The molecule has 9 heavy (non-hydrogen) atoms. The van der Waals surface area contributed by atoms with Crippen LogP contribution < -0.4 is 0 Å². The number of allylic oxidation sites excluding steroid dienone is 2. The largest absolute Gasteiger partial charge is 0.299 e. The van der Waals surface area contributed by atoms with E-state index in [1.54, 1.807) is 0 Å².